The summed E-state index contributed by atoms with van der Waals surface area (Å²) in [5, 5.41) is 20.0. The molecule has 1 amide bonds. The molecule has 0 unspecified atom stereocenters. The summed E-state index contributed by atoms with van der Waals surface area (Å²) in [5.74, 6) is -0.429. The fraction of sp³-hybridized carbons (Fsp3) is 0.133. The largest absolute Gasteiger partial charge is 0.497 e. The molecule has 2 aromatic carbocycles. The van der Waals surface area contributed by atoms with Crippen molar-refractivity contribution in [2.24, 2.45) is 0 Å². The van der Waals surface area contributed by atoms with Crippen molar-refractivity contribution in [1.82, 2.24) is 0 Å². The Morgan fingerprint density at radius 3 is 2.50 bits per heavy atom. The van der Waals surface area contributed by atoms with Crippen LogP contribution in [0.2, 0.25) is 0 Å². The maximum Gasteiger partial charge on any atom is 0.411 e. The first-order valence-electron chi connectivity index (χ1n) is 6.60. The number of rotatable bonds is 5. The second-order valence-electron chi connectivity index (χ2n) is 4.65. The zero-order valence-electron chi connectivity index (χ0n) is 12.7. The van der Waals surface area contributed by atoms with Crippen molar-refractivity contribution in [2.75, 3.05) is 19.1 Å². The number of benzene rings is 2. The molecule has 126 valence electrons. The summed E-state index contributed by atoms with van der Waals surface area (Å²) in [7, 11) is 2.56. The normalized spacial score (nSPS) is 10.1. The standard InChI is InChI=1S/C15H13FN2O6/c1-17(15(19)20)13-7-10(4-6-12(13)18(21)22)24-14-8-9(23-2)3-5-11(14)16/h3-8H,1-2H3,(H,19,20). The number of nitrogens with zero attached hydrogens (tertiary/aromatic N) is 2. The number of halogens is 1. The van der Waals surface area contributed by atoms with Gasteiger partial charge in [-0.25, -0.2) is 9.18 Å². The lowest BCUT2D eigenvalue weighted by Gasteiger charge is -2.15. The van der Waals surface area contributed by atoms with Crippen LogP contribution in [0, 0.1) is 15.9 Å². The minimum absolute atomic E-state index is 0.0378. The van der Waals surface area contributed by atoms with Crippen molar-refractivity contribution in [3.8, 4) is 17.2 Å². The van der Waals surface area contributed by atoms with E-state index in [1.165, 1.54) is 25.3 Å². The van der Waals surface area contributed by atoms with E-state index in [1.807, 2.05) is 0 Å². The highest BCUT2D eigenvalue weighted by Crippen LogP contribution is 2.35. The van der Waals surface area contributed by atoms with E-state index in [2.05, 4.69) is 0 Å². The molecule has 0 aliphatic carbocycles. The number of amides is 1. The molecule has 2 rings (SSSR count). The molecule has 0 saturated carbocycles. The average molecular weight is 336 g/mol. The Hall–Kier alpha value is -3.36. The Balaban J connectivity index is 2.43. The summed E-state index contributed by atoms with van der Waals surface area (Å²) < 4.78 is 24.1. The van der Waals surface area contributed by atoms with Crippen LogP contribution >= 0.6 is 0 Å². The van der Waals surface area contributed by atoms with Gasteiger partial charge >= 0.3 is 6.09 Å². The minimum atomic E-state index is -1.39. The molecule has 0 atom stereocenters. The number of hydrogen-bond acceptors (Lipinski definition) is 5. The van der Waals surface area contributed by atoms with Gasteiger partial charge in [0.2, 0.25) is 0 Å². The maximum atomic E-state index is 13.8. The zero-order valence-corrected chi connectivity index (χ0v) is 12.7. The number of carbonyl (C=O) groups is 1. The van der Waals surface area contributed by atoms with Gasteiger partial charge in [-0.15, -0.1) is 0 Å². The molecule has 8 nitrogen and oxygen atoms in total. The van der Waals surface area contributed by atoms with Gasteiger partial charge in [0.1, 0.15) is 17.2 Å². The molecule has 0 spiro atoms. The third-order valence-electron chi connectivity index (χ3n) is 3.16. The number of carboxylic acid groups (broad SMARTS) is 1. The summed E-state index contributed by atoms with van der Waals surface area (Å²) in [6.45, 7) is 0. The van der Waals surface area contributed by atoms with Gasteiger partial charge in [-0.1, -0.05) is 0 Å². The first-order valence-corrected chi connectivity index (χ1v) is 6.60. The molecule has 0 radical (unpaired) electrons. The molecular formula is C15H13FN2O6. The van der Waals surface area contributed by atoms with Gasteiger partial charge in [-0.2, -0.15) is 0 Å². The number of ether oxygens (including phenoxy) is 2. The average Bonchev–Trinajstić information content (AvgIpc) is 2.55. The van der Waals surface area contributed by atoms with E-state index < -0.39 is 22.5 Å². The van der Waals surface area contributed by atoms with Crippen molar-refractivity contribution in [1.29, 1.82) is 0 Å². The second kappa shape index (κ2) is 6.82. The lowest BCUT2D eigenvalue weighted by Crippen LogP contribution is -2.24. The summed E-state index contributed by atoms with van der Waals surface area (Å²) >= 11 is 0. The molecule has 1 N–H and O–H groups in total. The van der Waals surface area contributed by atoms with E-state index in [4.69, 9.17) is 14.6 Å². The highest BCUT2D eigenvalue weighted by Gasteiger charge is 2.22. The highest BCUT2D eigenvalue weighted by atomic mass is 19.1. The fourth-order valence-corrected chi connectivity index (χ4v) is 1.91. The van der Waals surface area contributed by atoms with E-state index in [-0.39, 0.29) is 17.2 Å². The van der Waals surface area contributed by atoms with Crippen LogP contribution in [0.4, 0.5) is 20.6 Å². The molecule has 9 heteroatoms. The Kier molecular flexibility index (Phi) is 4.83. The van der Waals surface area contributed by atoms with E-state index in [0.29, 0.717) is 10.6 Å². The Bertz CT molecular complexity index is 796. The van der Waals surface area contributed by atoms with Crippen LogP contribution in [0.25, 0.3) is 0 Å². The van der Waals surface area contributed by atoms with Crippen molar-refractivity contribution in [2.45, 2.75) is 0 Å². The molecule has 0 fully saturated rings. The van der Waals surface area contributed by atoms with E-state index in [9.17, 15) is 19.3 Å². The topological polar surface area (TPSA) is 102 Å². The Labute approximate surface area is 135 Å². The van der Waals surface area contributed by atoms with E-state index in [1.54, 1.807) is 0 Å². The zero-order chi connectivity index (χ0) is 17.9. The number of methoxy groups -OCH3 is 1. The highest BCUT2D eigenvalue weighted by molar-refractivity contribution is 5.89. The first kappa shape index (κ1) is 17.0. The van der Waals surface area contributed by atoms with Crippen molar-refractivity contribution >= 4 is 17.5 Å². The molecular weight excluding hydrogens is 323 g/mol. The maximum absolute atomic E-state index is 13.8. The van der Waals surface area contributed by atoms with Crippen molar-refractivity contribution in [3.63, 3.8) is 0 Å². The number of nitro benzene ring substituents is 1. The fourth-order valence-electron chi connectivity index (χ4n) is 1.91. The van der Waals surface area contributed by atoms with Gasteiger partial charge in [0.25, 0.3) is 5.69 Å². The summed E-state index contributed by atoms with van der Waals surface area (Å²) in [6.07, 6.45) is -1.39. The van der Waals surface area contributed by atoms with Gasteiger partial charge in [-0.3, -0.25) is 15.0 Å². The lowest BCUT2D eigenvalue weighted by molar-refractivity contribution is -0.384. The number of anilines is 1. The summed E-state index contributed by atoms with van der Waals surface area (Å²) in [5.41, 5.74) is -0.619. The van der Waals surface area contributed by atoms with Crippen molar-refractivity contribution in [3.05, 3.63) is 52.3 Å². The quantitative estimate of drug-likeness (QED) is 0.660. The number of hydrogen-bond donors (Lipinski definition) is 1. The SMILES string of the molecule is COc1ccc(F)c(Oc2ccc([N+](=O)[O-])c(N(C)C(=O)O)c2)c1. The van der Waals surface area contributed by atoms with Crippen LogP contribution in [0.1, 0.15) is 0 Å². The Morgan fingerprint density at radius 2 is 1.92 bits per heavy atom. The van der Waals surface area contributed by atoms with E-state index in [0.717, 1.165) is 25.2 Å². The number of nitro groups is 1. The third-order valence-corrected chi connectivity index (χ3v) is 3.16. The third kappa shape index (κ3) is 3.51. The molecule has 2 aromatic rings. The molecule has 0 bridgehead atoms. The predicted molar refractivity (Wildman–Crippen MR) is 82.6 cm³/mol. The van der Waals surface area contributed by atoms with Crippen molar-refractivity contribution < 1.29 is 28.7 Å². The van der Waals surface area contributed by atoms with Gasteiger partial charge in [-0.05, 0) is 18.2 Å². The van der Waals surface area contributed by atoms with Crippen LogP contribution in [0.5, 0.6) is 17.2 Å². The lowest BCUT2D eigenvalue weighted by atomic mass is 10.2. The predicted octanol–water partition coefficient (Wildman–Crippen LogP) is 3.65. The minimum Gasteiger partial charge on any atom is -0.497 e. The summed E-state index contributed by atoms with van der Waals surface area (Å²) in [6, 6.07) is 7.33. The van der Waals surface area contributed by atoms with Crippen LogP contribution in [0.15, 0.2) is 36.4 Å². The molecule has 0 heterocycles. The van der Waals surface area contributed by atoms with E-state index >= 15 is 0 Å². The smallest absolute Gasteiger partial charge is 0.411 e. The molecule has 0 aromatic heterocycles. The van der Waals surface area contributed by atoms with Gasteiger partial charge in [0, 0.05) is 25.2 Å². The van der Waals surface area contributed by atoms with Crippen LogP contribution in [0.3, 0.4) is 0 Å². The Morgan fingerprint density at radius 1 is 1.25 bits per heavy atom. The molecule has 0 aliphatic heterocycles. The second-order valence-corrected chi connectivity index (χ2v) is 4.65. The summed E-state index contributed by atoms with van der Waals surface area (Å²) in [4.78, 5) is 22.0. The molecule has 0 saturated heterocycles. The van der Waals surface area contributed by atoms with Gasteiger partial charge in [0.15, 0.2) is 11.6 Å². The van der Waals surface area contributed by atoms with Gasteiger partial charge < -0.3 is 14.6 Å². The van der Waals surface area contributed by atoms with Crippen LogP contribution < -0.4 is 14.4 Å². The van der Waals surface area contributed by atoms with Crippen LogP contribution in [-0.4, -0.2) is 30.3 Å². The monoisotopic (exact) mass is 336 g/mol. The first-order chi connectivity index (χ1) is 11.3. The van der Waals surface area contributed by atoms with Gasteiger partial charge in [0.05, 0.1) is 12.0 Å². The molecule has 0 aliphatic rings. The molecule has 24 heavy (non-hydrogen) atoms. The van der Waals surface area contributed by atoms with Crippen LogP contribution in [-0.2, 0) is 0 Å².